The summed E-state index contributed by atoms with van der Waals surface area (Å²) in [7, 11) is 0. The number of aliphatic hydroxyl groups excluding tert-OH is 1. The van der Waals surface area contributed by atoms with Crippen LogP contribution in [0.15, 0.2) is 0 Å². The van der Waals surface area contributed by atoms with Crippen molar-refractivity contribution < 1.29 is 5.11 Å². The summed E-state index contributed by atoms with van der Waals surface area (Å²) in [6.07, 6.45) is 9.14. The summed E-state index contributed by atoms with van der Waals surface area (Å²) in [5, 5.41) is 9.45. The third-order valence-corrected chi connectivity index (χ3v) is 3.83. The number of hydrogen-bond acceptors (Lipinski definition) is 2. The van der Waals surface area contributed by atoms with Crippen LogP contribution in [0.5, 0.6) is 0 Å². The lowest BCUT2D eigenvalue weighted by molar-refractivity contribution is 0.111. The second-order valence-corrected chi connectivity index (χ2v) is 5.06. The molecule has 1 heterocycles. The molecule has 0 spiro atoms. The van der Waals surface area contributed by atoms with Gasteiger partial charge in [-0.3, -0.25) is 4.90 Å². The lowest BCUT2D eigenvalue weighted by Crippen LogP contribution is -2.38. The predicted octanol–water partition coefficient (Wildman–Crippen LogP) is 2.16. The third-order valence-electron chi connectivity index (χ3n) is 3.83. The first kappa shape index (κ1) is 10.4. The van der Waals surface area contributed by atoms with Crippen LogP contribution in [-0.2, 0) is 0 Å². The smallest absolute Gasteiger partial charge is 0.0527 e. The monoisotopic (exact) mass is 197 g/mol. The van der Waals surface area contributed by atoms with E-state index in [-0.39, 0.29) is 6.10 Å². The lowest BCUT2D eigenvalue weighted by Gasteiger charge is -2.31. The molecule has 14 heavy (non-hydrogen) atoms. The molecule has 2 rings (SSSR count). The van der Waals surface area contributed by atoms with Crippen LogP contribution in [-0.4, -0.2) is 34.7 Å². The standard InChI is InChI=1S/C12H23NO/c1-10(14)9-12-7-4-8-13(12)11-5-2-3-6-11/h10-12,14H,2-9H2,1H3. The van der Waals surface area contributed by atoms with Crippen molar-refractivity contribution in [1.82, 2.24) is 4.90 Å². The Kier molecular flexibility index (Phi) is 3.45. The Hall–Kier alpha value is -0.0800. The summed E-state index contributed by atoms with van der Waals surface area (Å²) in [6.45, 7) is 3.20. The lowest BCUT2D eigenvalue weighted by atomic mass is 10.1. The van der Waals surface area contributed by atoms with Crippen molar-refractivity contribution in [2.24, 2.45) is 0 Å². The maximum atomic E-state index is 9.45. The van der Waals surface area contributed by atoms with E-state index in [4.69, 9.17) is 0 Å². The van der Waals surface area contributed by atoms with Gasteiger partial charge < -0.3 is 5.11 Å². The molecule has 1 N–H and O–H groups in total. The molecule has 0 aromatic carbocycles. The minimum atomic E-state index is -0.123. The normalized spacial score (nSPS) is 32.6. The highest BCUT2D eigenvalue weighted by Crippen LogP contribution is 2.31. The van der Waals surface area contributed by atoms with Crippen LogP contribution in [0.25, 0.3) is 0 Å². The van der Waals surface area contributed by atoms with E-state index >= 15 is 0 Å². The van der Waals surface area contributed by atoms with Gasteiger partial charge in [0.15, 0.2) is 0 Å². The summed E-state index contributed by atoms with van der Waals surface area (Å²) in [6, 6.07) is 1.53. The van der Waals surface area contributed by atoms with Gasteiger partial charge in [-0.1, -0.05) is 12.8 Å². The quantitative estimate of drug-likeness (QED) is 0.749. The maximum Gasteiger partial charge on any atom is 0.0527 e. The van der Waals surface area contributed by atoms with E-state index in [0.717, 1.165) is 12.5 Å². The number of likely N-dealkylation sites (tertiary alicyclic amines) is 1. The Morgan fingerprint density at radius 3 is 2.57 bits per heavy atom. The molecule has 82 valence electrons. The first-order chi connectivity index (χ1) is 6.77. The van der Waals surface area contributed by atoms with E-state index in [1.54, 1.807) is 0 Å². The van der Waals surface area contributed by atoms with Crippen LogP contribution in [0.2, 0.25) is 0 Å². The molecule has 2 nitrogen and oxygen atoms in total. The largest absolute Gasteiger partial charge is 0.393 e. The van der Waals surface area contributed by atoms with Crippen molar-refractivity contribution >= 4 is 0 Å². The first-order valence-corrected chi connectivity index (χ1v) is 6.21. The molecule has 1 saturated carbocycles. The molecule has 1 saturated heterocycles. The fourth-order valence-corrected chi connectivity index (χ4v) is 3.22. The highest BCUT2D eigenvalue weighted by Gasteiger charge is 2.32. The zero-order chi connectivity index (χ0) is 9.97. The van der Waals surface area contributed by atoms with Crippen molar-refractivity contribution in [3.8, 4) is 0 Å². The summed E-state index contributed by atoms with van der Waals surface area (Å²) in [5.74, 6) is 0. The summed E-state index contributed by atoms with van der Waals surface area (Å²) in [5.41, 5.74) is 0. The van der Waals surface area contributed by atoms with Crippen molar-refractivity contribution in [2.45, 2.75) is 70.1 Å². The average molecular weight is 197 g/mol. The minimum absolute atomic E-state index is 0.123. The van der Waals surface area contributed by atoms with Crippen LogP contribution >= 0.6 is 0 Å². The highest BCUT2D eigenvalue weighted by atomic mass is 16.3. The van der Waals surface area contributed by atoms with Gasteiger partial charge in [0.1, 0.15) is 0 Å². The summed E-state index contributed by atoms with van der Waals surface area (Å²) >= 11 is 0. The number of rotatable bonds is 3. The molecule has 0 aromatic rings. The fraction of sp³-hybridized carbons (Fsp3) is 1.00. The van der Waals surface area contributed by atoms with Gasteiger partial charge in [0.2, 0.25) is 0 Å². The molecule has 2 atom stereocenters. The van der Waals surface area contributed by atoms with Crippen molar-refractivity contribution in [3.05, 3.63) is 0 Å². The van der Waals surface area contributed by atoms with Gasteiger partial charge in [-0.05, 0) is 45.6 Å². The SMILES string of the molecule is CC(O)CC1CCCN1C1CCCC1. The van der Waals surface area contributed by atoms with E-state index in [2.05, 4.69) is 4.90 Å². The van der Waals surface area contributed by atoms with Crippen LogP contribution in [0.3, 0.4) is 0 Å². The van der Waals surface area contributed by atoms with Gasteiger partial charge in [0, 0.05) is 12.1 Å². The van der Waals surface area contributed by atoms with Gasteiger partial charge in [-0.2, -0.15) is 0 Å². The maximum absolute atomic E-state index is 9.45. The van der Waals surface area contributed by atoms with Crippen LogP contribution in [0.1, 0.15) is 51.9 Å². The third kappa shape index (κ3) is 2.29. The van der Waals surface area contributed by atoms with Gasteiger partial charge >= 0.3 is 0 Å². The number of nitrogens with zero attached hydrogens (tertiary/aromatic N) is 1. The van der Waals surface area contributed by atoms with Gasteiger partial charge in [0.25, 0.3) is 0 Å². The Morgan fingerprint density at radius 1 is 1.21 bits per heavy atom. The minimum Gasteiger partial charge on any atom is -0.393 e. The average Bonchev–Trinajstić information content (AvgIpc) is 2.70. The second kappa shape index (κ2) is 4.63. The zero-order valence-electron chi connectivity index (χ0n) is 9.28. The Labute approximate surface area is 87.3 Å². The fourth-order valence-electron chi connectivity index (χ4n) is 3.22. The summed E-state index contributed by atoms with van der Waals surface area (Å²) < 4.78 is 0. The van der Waals surface area contributed by atoms with E-state index in [0.29, 0.717) is 6.04 Å². The van der Waals surface area contributed by atoms with E-state index in [1.165, 1.54) is 45.1 Å². The predicted molar refractivity (Wildman–Crippen MR) is 58.3 cm³/mol. The second-order valence-electron chi connectivity index (χ2n) is 5.06. The van der Waals surface area contributed by atoms with Crippen LogP contribution in [0.4, 0.5) is 0 Å². The molecule has 0 aromatic heterocycles. The van der Waals surface area contributed by atoms with Crippen molar-refractivity contribution in [2.75, 3.05) is 6.54 Å². The van der Waals surface area contributed by atoms with Crippen LogP contribution in [0, 0.1) is 0 Å². The molecule has 0 bridgehead atoms. The van der Waals surface area contributed by atoms with Crippen LogP contribution < -0.4 is 0 Å². The molecular formula is C12H23NO. The molecule has 2 heteroatoms. The Bertz CT molecular complexity index is 175. The summed E-state index contributed by atoms with van der Waals surface area (Å²) in [4.78, 5) is 2.68. The molecular weight excluding hydrogens is 174 g/mol. The molecule has 0 radical (unpaired) electrons. The molecule has 1 aliphatic heterocycles. The van der Waals surface area contributed by atoms with E-state index in [9.17, 15) is 5.11 Å². The molecule has 1 aliphatic carbocycles. The van der Waals surface area contributed by atoms with E-state index in [1.807, 2.05) is 6.92 Å². The Balaban J connectivity index is 1.89. The van der Waals surface area contributed by atoms with E-state index < -0.39 is 0 Å². The molecule has 2 unspecified atom stereocenters. The van der Waals surface area contributed by atoms with Crippen molar-refractivity contribution in [1.29, 1.82) is 0 Å². The zero-order valence-corrected chi connectivity index (χ0v) is 9.28. The number of hydrogen-bond donors (Lipinski definition) is 1. The molecule has 2 fully saturated rings. The van der Waals surface area contributed by atoms with Crippen molar-refractivity contribution in [3.63, 3.8) is 0 Å². The first-order valence-electron chi connectivity index (χ1n) is 6.21. The van der Waals surface area contributed by atoms with Gasteiger partial charge in [-0.15, -0.1) is 0 Å². The topological polar surface area (TPSA) is 23.5 Å². The number of aliphatic hydroxyl groups is 1. The van der Waals surface area contributed by atoms with Gasteiger partial charge in [0.05, 0.1) is 6.10 Å². The molecule has 2 aliphatic rings. The van der Waals surface area contributed by atoms with Gasteiger partial charge in [-0.25, -0.2) is 0 Å². The Morgan fingerprint density at radius 2 is 1.93 bits per heavy atom. The molecule has 0 amide bonds. The highest BCUT2D eigenvalue weighted by molar-refractivity contribution is 4.87.